The van der Waals surface area contributed by atoms with Crippen LogP contribution in [0.15, 0.2) is 60.8 Å². The number of nitrogens with one attached hydrogen (secondary N) is 1. The van der Waals surface area contributed by atoms with Crippen molar-refractivity contribution in [3.63, 3.8) is 0 Å². The first-order valence-electron chi connectivity index (χ1n) is 10.4. The van der Waals surface area contributed by atoms with E-state index in [1.807, 2.05) is 32.0 Å². The van der Waals surface area contributed by atoms with E-state index in [0.717, 1.165) is 11.1 Å². The Morgan fingerprint density at radius 3 is 2.39 bits per heavy atom. The highest BCUT2D eigenvalue weighted by Crippen LogP contribution is 2.32. The summed E-state index contributed by atoms with van der Waals surface area (Å²) in [7, 11) is 3.03. The van der Waals surface area contributed by atoms with Crippen molar-refractivity contribution in [3.8, 4) is 11.5 Å². The van der Waals surface area contributed by atoms with E-state index in [4.69, 9.17) is 15.2 Å². The number of amides is 1. The van der Waals surface area contributed by atoms with Gasteiger partial charge >= 0.3 is 0 Å². The number of hydrogen-bond acceptors (Lipinski definition) is 5. The predicted octanol–water partition coefficient (Wildman–Crippen LogP) is 4.64. The molecule has 0 bridgehead atoms. The summed E-state index contributed by atoms with van der Waals surface area (Å²) in [6.07, 6.45) is 1.72. The van der Waals surface area contributed by atoms with Gasteiger partial charge in [0, 0.05) is 17.4 Å². The summed E-state index contributed by atoms with van der Waals surface area (Å²) >= 11 is 0. The summed E-state index contributed by atoms with van der Waals surface area (Å²) in [5, 5.41) is 2.93. The third kappa shape index (κ3) is 3.89. The fraction of sp³-hybridized carbons (Fsp3) is 0.154. The zero-order chi connectivity index (χ0) is 23.7. The van der Waals surface area contributed by atoms with E-state index in [9.17, 15) is 9.59 Å². The van der Waals surface area contributed by atoms with Crippen molar-refractivity contribution in [1.82, 2.24) is 4.40 Å². The van der Waals surface area contributed by atoms with Gasteiger partial charge in [-0.1, -0.05) is 23.8 Å². The number of carbonyl (C=O) groups is 2. The zero-order valence-corrected chi connectivity index (χ0v) is 18.9. The van der Waals surface area contributed by atoms with Crippen LogP contribution >= 0.6 is 0 Å². The largest absolute Gasteiger partial charge is 0.493 e. The topological polar surface area (TPSA) is 95.1 Å². The number of pyridine rings is 1. The van der Waals surface area contributed by atoms with Gasteiger partial charge in [-0.3, -0.25) is 9.59 Å². The second-order valence-electron chi connectivity index (χ2n) is 7.76. The van der Waals surface area contributed by atoms with Crippen LogP contribution in [0.4, 0.5) is 11.4 Å². The third-order valence-corrected chi connectivity index (χ3v) is 5.60. The molecule has 2 heterocycles. The predicted molar refractivity (Wildman–Crippen MR) is 129 cm³/mol. The second kappa shape index (κ2) is 8.70. The fourth-order valence-electron chi connectivity index (χ4n) is 3.95. The molecule has 0 unspecified atom stereocenters. The van der Waals surface area contributed by atoms with Gasteiger partial charge in [-0.15, -0.1) is 0 Å². The molecule has 2 aromatic heterocycles. The molecule has 33 heavy (non-hydrogen) atoms. The van der Waals surface area contributed by atoms with Crippen LogP contribution in [-0.4, -0.2) is 30.3 Å². The van der Waals surface area contributed by atoms with Crippen molar-refractivity contribution in [2.24, 2.45) is 0 Å². The molecule has 0 fully saturated rings. The number of rotatable bonds is 6. The highest BCUT2D eigenvalue weighted by molar-refractivity contribution is 6.20. The lowest BCUT2D eigenvalue weighted by Gasteiger charge is -2.10. The van der Waals surface area contributed by atoms with Crippen LogP contribution in [0, 0.1) is 13.8 Å². The molecule has 4 rings (SSSR count). The number of methoxy groups -OCH3 is 2. The molecule has 0 radical (unpaired) electrons. The van der Waals surface area contributed by atoms with Gasteiger partial charge in [-0.2, -0.15) is 0 Å². The first-order chi connectivity index (χ1) is 15.8. The Hall–Kier alpha value is -4.26. The van der Waals surface area contributed by atoms with Gasteiger partial charge in [0.15, 0.2) is 11.5 Å². The van der Waals surface area contributed by atoms with Crippen LogP contribution in [0.25, 0.3) is 5.52 Å². The molecule has 1 amide bonds. The monoisotopic (exact) mass is 443 g/mol. The van der Waals surface area contributed by atoms with Crippen LogP contribution in [0.2, 0.25) is 0 Å². The number of aryl methyl sites for hydroxylation is 2. The minimum Gasteiger partial charge on any atom is -0.493 e. The van der Waals surface area contributed by atoms with Crippen molar-refractivity contribution in [3.05, 3.63) is 88.7 Å². The molecule has 7 nitrogen and oxygen atoms in total. The van der Waals surface area contributed by atoms with Crippen LogP contribution in [0.3, 0.4) is 0 Å². The molecule has 0 saturated carbocycles. The van der Waals surface area contributed by atoms with E-state index in [2.05, 4.69) is 5.32 Å². The maximum absolute atomic E-state index is 13.5. The Morgan fingerprint density at radius 1 is 0.939 bits per heavy atom. The number of nitrogen functional groups attached to an aromatic ring is 1. The first kappa shape index (κ1) is 22.0. The smallest absolute Gasteiger partial charge is 0.259 e. The molecule has 0 aliphatic carbocycles. The Bertz CT molecular complexity index is 1390. The molecular formula is C26H25N3O4. The maximum Gasteiger partial charge on any atom is 0.259 e. The van der Waals surface area contributed by atoms with Gasteiger partial charge < -0.3 is 24.9 Å². The van der Waals surface area contributed by atoms with Gasteiger partial charge in [0.1, 0.15) is 5.69 Å². The number of aromatic nitrogens is 1. The lowest BCUT2D eigenvalue weighted by Crippen LogP contribution is -2.15. The van der Waals surface area contributed by atoms with E-state index >= 15 is 0 Å². The molecule has 0 aliphatic rings. The van der Waals surface area contributed by atoms with Crippen molar-refractivity contribution in [2.75, 3.05) is 25.3 Å². The van der Waals surface area contributed by atoms with Crippen LogP contribution < -0.4 is 20.5 Å². The molecule has 3 N–H and O–H groups in total. The molecule has 0 saturated heterocycles. The number of nitrogens with two attached hydrogens (primary N) is 1. The van der Waals surface area contributed by atoms with E-state index in [1.165, 1.54) is 14.2 Å². The van der Waals surface area contributed by atoms with Gasteiger partial charge in [-0.05, 0) is 55.8 Å². The SMILES string of the molecule is COc1ccc(C(=O)c2c(N)c(C(=O)Nc3ccc(C)cc3C)c3ccccn23)cc1OC. The standard InChI is InChI=1S/C26H25N3O4/c1-15-8-10-18(16(2)13-15)28-26(31)22-19-7-5-6-12-29(19)24(23(22)27)25(30)17-9-11-20(32-3)21(14-17)33-4/h5-14H,27H2,1-4H3,(H,28,31). The highest BCUT2D eigenvalue weighted by Gasteiger charge is 2.27. The quantitative estimate of drug-likeness (QED) is 0.424. The summed E-state index contributed by atoms with van der Waals surface area (Å²) in [4.78, 5) is 26.8. The number of nitrogens with zero attached hydrogens (tertiary/aromatic N) is 1. The lowest BCUT2D eigenvalue weighted by molar-refractivity contribution is 0.102. The fourth-order valence-corrected chi connectivity index (χ4v) is 3.95. The summed E-state index contributed by atoms with van der Waals surface area (Å²) in [6, 6.07) is 16.0. The van der Waals surface area contributed by atoms with Crippen molar-refractivity contribution >= 4 is 28.6 Å². The Morgan fingerprint density at radius 2 is 1.70 bits per heavy atom. The lowest BCUT2D eigenvalue weighted by atomic mass is 10.1. The molecule has 7 heteroatoms. The van der Waals surface area contributed by atoms with Crippen molar-refractivity contribution < 1.29 is 19.1 Å². The minimum absolute atomic E-state index is 0.114. The number of fused-ring (bicyclic) bond motifs is 1. The molecule has 4 aromatic rings. The molecule has 0 atom stereocenters. The molecule has 2 aromatic carbocycles. The van der Waals surface area contributed by atoms with E-state index < -0.39 is 0 Å². The minimum atomic E-state index is -0.380. The van der Waals surface area contributed by atoms with Gasteiger partial charge in [0.05, 0.1) is 31.0 Å². The van der Waals surface area contributed by atoms with Crippen molar-refractivity contribution in [2.45, 2.75) is 13.8 Å². The number of ketones is 1. The Labute approximate surface area is 191 Å². The van der Waals surface area contributed by atoms with E-state index in [1.54, 1.807) is 47.0 Å². The maximum atomic E-state index is 13.5. The summed E-state index contributed by atoms with van der Waals surface area (Å²) < 4.78 is 12.2. The molecule has 168 valence electrons. The highest BCUT2D eigenvalue weighted by atomic mass is 16.5. The van der Waals surface area contributed by atoms with Crippen LogP contribution in [0.5, 0.6) is 11.5 Å². The van der Waals surface area contributed by atoms with E-state index in [-0.39, 0.29) is 28.6 Å². The number of benzene rings is 2. The number of ether oxygens (including phenoxy) is 2. The summed E-state index contributed by atoms with van der Waals surface area (Å²) in [5.74, 6) is 0.223. The molecule has 0 spiro atoms. The van der Waals surface area contributed by atoms with Gasteiger partial charge in [0.25, 0.3) is 5.91 Å². The normalized spacial score (nSPS) is 10.8. The van der Waals surface area contributed by atoms with Crippen LogP contribution in [0.1, 0.15) is 37.5 Å². The summed E-state index contributed by atoms with van der Waals surface area (Å²) in [5.41, 5.74) is 10.6. The van der Waals surface area contributed by atoms with Crippen molar-refractivity contribution in [1.29, 1.82) is 0 Å². The number of anilines is 2. The van der Waals surface area contributed by atoms with E-state index in [0.29, 0.717) is 28.3 Å². The Kier molecular flexibility index (Phi) is 5.79. The zero-order valence-electron chi connectivity index (χ0n) is 18.9. The first-order valence-corrected chi connectivity index (χ1v) is 10.4. The van der Waals surface area contributed by atoms with Gasteiger partial charge in [0.2, 0.25) is 5.78 Å². The van der Waals surface area contributed by atoms with Gasteiger partial charge in [-0.25, -0.2) is 0 Å². The third-order valence-electron chi connectivity index (χ3n) is 5.60. The Balaban J connectivity index is 1.81. The summed E-state index contributed by atoms with van der Waals surface area (Å²) in [6.45, 7) is 3.92. The van der Waals surface area contributed by atoms with Crippen LogP contribution in [-0.2, 0) is 0 Å². The molecular weight excluding hydrogens is 418 g/mol. The number of hydrogen-bond donors (Lipinski definition) is 2. The number of carbonyl (C=O) groups excluding carboxylic acids is 2. The second-order valence-corrected chi connectivity index (χ2v) is 7.76. The molecule has 0 aliphatic heterocycles. The average molecular weight is 444 g/mol. The average Bonchev–Trinajstić information content (AvgIpc) is 3.11.